The standard InChI is InChI=1S/C23H18Cl3NO4/c24-17-12-18(27(28)29)21(25)22(26)23(17)31-20-11-10-19(15-8-4-5-9-16(15)20)30-13-14-6-2-1-3-7-14/h1-3,6-7,10-12H,4-5,8-9,13H2. The van der Waals surface area contributed by atoms with Gasteiger partial charge in [-0.1, -0.05) is 65.1 Å². The van der Waals surface area contributed by atoms with E-state index in [0.717, 1.165) is 54.2 Å². The molecule has 1 aliphatic carbocycles. The van der Waals surface area contributed by atoms with Crippen LogP contribution in [0.4, 0.5) is 5.69 Å². The van der Waals surface area contributed by atoms with E-state index in [9.17, 15) is 10.1 Å². The van der Waals surface area contributed by atoms with E-state index in [1.54, 1.807) is 0 Å². The molecule has 3 aromatic carbocycles. The second-order valence-electron chi connectivity index (χ2n) is 7.19. The summed E-state index contributed by atoms with van der Waals surface area (Å²) in [5.41, 5.74) is 2.85. The molecule has 0 atom stereocenters. The van der Waals surface area contributed by atoms with Crippen LogP contribution in [-0.2, 0) is 19.4 Å². The Morgan fingerprint density at radius 1 is 0.903 bits per heavy atom. The fourth-order valence-electron chi connectivity index (χ4n) is 3.67. The first-order valence-corrected chi connectivity index (χ1v) is 10.9. The minimum Gasteiger partial charge on any atom is -0.489 e. The summed E-state index contributed by atoms with van der Waals surface area (Å²) in [5.74, 6) is 1.52. The van der Waals surface area contributed by atoms with Gasteiger partial charge >= 0.3 is 0 Å². The molecular weight excluding hydrogens is 461 g/mol. The van der Waals surface area contributed by atoms with E-state index in [0.29, 0.717) is 12.4 Å². The lowest BCUT2D eigenvalue weighted by Crippen LogP contribution is -2.08. The molecule has 8 heteroatoms. The lowest BCUT2D eigenvalue weighted by atomic mass is 9.90. The molecule has 0 N–H and O–H groups in total. The van der Waals surface area contributed by atoms with Crippen molar-refractivity contribution in [3.8, 4) is 17.2 Å². The number of hydrogen-bond acceptors (Lipinski definition) is 4. The highest BCUT2D eigenvalue weighted by atomic mass is 35.5. The van der Waals surface area contributed by atoms with E-state index < -0.39 is 4.92 Å². The minimum absolute atomic E-state index is 0.0232. The third-order valence-corrected chi connectivity index (χ3v) is 6.31. The van der Waals surface area contributed by atoms with Crippen molar-refractivity contribution in [2.75, 3.05) is 0 Å². The average Bonchev–Trinajstić information content (AvgIpc) is 2.78. The number of nitro benzene ring substituents is 1. The van der Waals surface area contributed by atoms with Crippen LogP contribution in [0, 0.1) is 10.1 Å². The Balaban J connectivity index is 1.66. The molecule has 0 bridgehead atoms. The zero-order valence-corrected chi connectivity index (χ0v) is 18.6. The summed E-state index contributed by atoms with van der Waals surface area (Å²) >= 11 is 18.6. The van der Waals surface area contributed by atoms with Crippen molar-refractivity contribution in [3.63, 3.8) is 0 Å². The number of nitrogens with zero attached hydrogens (tertiary/aromatic N) is 1. The largest absolute Gasteiger partial charge is 0.489 e. The molecule has 0 amide bonds. The van der Waals surface area contributed by atoms with Gasteiger partial charge in [0.05, 0.1) is 9.95 Å². The number of hydrogen-bond donors (Lipinski definition) is 0. The highest BCUT2D eigenvalue weighted by Crippen LogP contribution is 2.47. The predicted molar refractivity (Wildman–Crippen MR) is 122 cm³/mol. The molecule has 31 heavy (non-hydrogen) atoms. The Morgan fingerprint density at radius 3 is 2.23 bits per heavy atom. The second kappa shape index (κ2) is 9.35. The third-order valence-electron chi connectivity index (χ3n) is 5.19. The smallest absolute Gasteiger partial charge is 0.291 e. The van der Waals surface area contributed by atoms with Crippen molar-refractivity contribution in [1.82, 2.24) is 0 Å². The molecule has 0 aromatic heterocycles. The SMILES string of the molecule is O=[N+]([O-])c1cc(Cl)c(Oc2ccc(OCc3ccccc3)c3c2CCCC3)c(Cl)c1Cl. The van der Waals surface area contributed by atoms with Gasteiger partial charge in [0.25, 0.3) is 5.69 Å². The van der Waals surface area contributed by atoms with Crippen molar-refractivity contribution >= 4 is 40.5 Å². The summed E-state index contributed by atoms with van der Waals surface area (Å²) in [6.07, 6.45) is 3.78. The van der Waals surface area contributed by atoms with Crippen LogP contribution in [0.25, 0.3) is 0 Å². The van der Waals surface area contributed by atoms with Gasteiger partial charge in [-0.2, -0.15) is 0 Å². The minimum atomic E-state index is -0.634. The van der Waals surface area contributed by atoms with Gasteiger partial charge in [0.2, 0.25) is 0 Å². The number of nitro groups is 1. The van der Waals surface area contributed by atoms with Crippen LogP contribution in [0.1, 0.15) is 29.5 Å². The summed E-state index contributed by atoms with van der Waals surface area (Å²) in [6, 6.07) is 14.8. The fourth-order valence-corrected chi connectivity index (χ4v) is 4.40. The Labute approximate surface area is 194 Å². The number of rotatable bonds is 6. The van der Waals surface area contributed by atoms with Crippen molar-refractivity contribution in [2.45, 2.75) is 32.3 Å². The molecule has 1 aliphatic rings. The van der Waals surface area contributed by atoms with Crippen LogP contribution in [-0.4, -0.2) is 4.92 Å². The third kappa shape index (κ3) is 4.59. The first-order chi connectivity index (χ1) is 15.0. The van der Waals surface area contributed by atoms with E-state index in [2.05, 4.69) is 0 Å². The predicted octanol–water partition coefficient (Wildman–Crippen LogP) is 7.81. The second-order valence-corrected chi connectivity index (χ2v) is 8.36. The van der Waals surface area contributed by atoms with Gasteiger partial charge in [0.15, 0.2) is 5.75 Å². The molecule has 5 nitrogen and oxygen atoms in total. The van der Waals surface area contributed by atoms with Gasteiger partial charge in [-0.25, -0.2) is 0 Å². The number of halogens is 3. The Hall–Kier alpha value is -2.47. The number of benzene rings is 3. The molecule has 0 saturated heterocycles. The Kier molecular flexibility index (Phi) is 6.56. The van der Waals surface area contributed by atoms with Gasteiger partial charge < -0.3 is 9.47 Å². The summed E-state index contributed by atoms with van der Waals surface area (Å²) in [7, 11) is 0. The van der Waals surface area contributed by atoms with E-state index in [1.165, 1.54) is 0 Å². The van der Waals surface area contributed by atoms with E-state index >= 15 is 0 Å². The normalized spacial score (nSPS) is 12.9. The monoisotopic (exact) mass is 477 g/mol. The molecular formula is C23H18Cl3NO4. The van der Waals surface area contributed by atoms with Crippen LogP contribution in [0.5, 0.6) is 17.2 Å². The first-order valence-electron chi connectivity index (χ1n) is 9.77. The lowest BCUT2D eigenvalue weighted by molar-refractivity contribution is -0.384. The zero-order chi connectivity index (χ0) is 22.0. The molecule has 0 spiro atoms. The maximum atomic E-state index is 11.1. The first kappa shape index (κ1) is 21.8. The van der Waals surface area contributed by atoms with Gasteiger partial charge in [-0.3, -0.25) is 10.1 Å². The maximum Gasteiger partial charge on any atom is 0.291 e. The molecule has 3 aromatic rings. The summed E-state index contributed by atoms with van der Waals surface area (Å²) in [6.45, 7) is 0.475. The topological polar surface area (TPSA) is 61.6 Å². The average molecular weight is 479 g/mol. The van der Waals surface area contributed by atoms with E-state index in [-0.39, 0.29) is 26.5 Å². The molecule has 0 saturated carbocycles. The van der Waals surface area contributed by atoms with Crippen LogP contribution in [0.2, 0.25) is 15.1 Å². The van der Waals surface area contributed by atoms with E-state index in [1.807, 2.05) is 42.5 Å². The quantitative estimate of drug-likeness (QED) is 0.206. The molecule has 0 fully saturated rings. The molecule has 0 radical (unpaired) electrons. The highest BCUT2D eigenvalue weighted by Gasteiger charge is 2.25. The Morgan fingerprint density at radius 2 is 1.55 bits per heavy atom. The summed E-state index contributed by atoms with van der Waals surface area (Å²) < 4.78 is 12.1. The van der Waals surface area contributed by atoms with Gasteiger partial charge in [-0.15, -0.1) is 0 Å². The van der Waals surface area contributed by atoms with Crippen molar-refractivity contribution in [2.24, 2.45) is 0 Å². The number of fused-ring (bicyclic) bond motifs is 1. The van der Waals surface area contributed by atoms with Gasteiger partial charge in [0.1, 0.15) is 28.2 Å². The van der Waals surface area contributed by atoms with Crippen LogP contribution in [0.15, 0.2) is 48.5 Å². The zero-order valence-electron chi connectivity index (χ0n) is 16.4. The molecule has 0 unspecified atom stereocenters. The van der Waals surface area contributed by atoms with Crippen LogP contribution < -0.4 is 9.47 Å². The molecule has 0 aliphatic heterocycles. The molecule has 0 heterocycles. The number of ether oxygens (including phenoxy) is 2. The highest BCUT2D eigenvalue weighted by molar-refractivity contribution is 6.46. The van der Waals surface area contributed by atoms with E-state index in [4.69, 9.17) is 44.3 Å². The lowest BCUT2D eigenvalue weighted by Gasteiger charge is -2.23. The van der Waals surface area contributed by atoms with Gasteiger partial charge in [0, 0.05) is 17.2 Å². The van der Waals surface area contributed by atoms with Crippen LogP contribution >= 0.6 is 34.8 Å². The van der Waals surface area contributed by atoms with Crippen LogP contribution in [0.3, 0.4) is 0 Å². The molecule has 160 valence electrons. The van der Waals surface area contributed by atoms with Gasteiger partial charge in [-0.05, 0) is 43.4 Å². The summed E-state index contributed by atoms with van der Waals surface area (Å²) in [5, 5.41) is 10.9. The van der Waals surface area contributed by atoms with Crippen molar-refractivity contribution in [3.05, 3.63) is 90.4 Å². The summed E-state index contributed by atoms with van der Waals surface area (Å²) in [4.78, 5) is 10.5. The maximum absolute atomic E-state index is 11.1. The Bertz CT molecular complexity index is 1140. The van der Waals surface area contributed by atoms with Crippen molar-refractivity contribution in [1.29, 1.82) is 0 Å². The van der Waals surface area contributed by atoms with Crippen molar-refractivity contribution < 1.29 is 14.4 Å². The fraction of sp³-hybridized carbons (Fsp3) is 0.217. The molecule has 4 rings (SSSR count).